The van der Waals surface area contributed by atoms with Crippen LogP contribution in [0.5, 0.6) is 11.5 Å². The molecule has 8 rings (SSSR count). The number of hydrogen-bond acceptors (Lipinski definition) is 3. The predicted molar refractivity (Wildman–Crippen MR) is 242 cm³/mol. The molecule has 0 spiro atoms. The Morgan fingerprint density at radius 3 is 1.60 bits per heavy atom. The van der Waals surface area contributed by atoms with Crippen molar-refractivity contribution in [3.63, 3.8) is 0 Å². The second-order valence-corrected chi connectivity index (χ2v) is 16.0. The molecule has 57 heavy (non-hydrogen) atoms. The van der Waals surface area contributed by atoms with Gasteiger partial charge in [0, 0.05) is 33.9 Å². The summed E-state index contributed by atoms with van der Waals surface area (Å²) in [7, 11) is 0. The van der Waals surface area contributed by atoms with Gasteiger partial charge in [0.25, 0.3) is 0 Å². The van der Waals surface area contributed by atoms with E-state index >= 15 is 0 Å². The Kier molecular flexibility index (Phi) is 11.2. The van der Waals surface area contributed by atoms with Gasteiger partial charge in [-0.25, -0.2) is 0 Å². The van der Waals surface area contributed by atoms with Crippen LogP contribution in [0.25, 0.3) is 11.1 Å². The van der Waals surface area contributed by atoms with Crippen molar-refractivity contribution in [1.29, 1.82) is 0 Å². The summed E-state index contributed by atoms with van der Waals surface area (Å²) < 4.78 is 6.72. The van der Waals surface area contributed by atoms with Crippen molar-refractivity contribution in [2.45, 2.75) is 71.6 Å². The van der Waals surface area contributed by atoms with Gasteiger partial charge in [0.15, 0.2) is 0 Å². The van der Waals surface area contributed by atoms with E-state index in [0.29, 0.717) is 10.8 Å². The molecule has 7 aromatic carbocycles. The number of aryl methyl sites for hydroxylation is 2. The number of anilines is 6. The SMILES string of the molecule is CCCCc1ccc(N(c2ccc(CCCC)cc2)c2cccc(Oc3ccc4c(c3)-c3ccc(N(c5ccccc5)c5ccccc5)cc3C4(C)C)c2Cl)cc1. The number of para-hydroxylation sites is 2. The summed E-state index contributed by atoms with van der Waals surface area (Å²) in [5.41, 5.74) is 13.8. The second-order valence-electron chi connectivity index (χ2n) is 15.6. The Hall–Kier alpha value is -5.77. The standard InChI is InChI=1S/C53H51ClN2O/c1-5-7-16-38-24-28-42(29-25-38)56(43-30-26-39(27-31-43)17-8-6-2)50-22-15-23-51(52(50)54)57-45-33-35-48-47(37-45)46-34-32-44(36-49(46)53(48,3)4)55(40-18-11-9-12-19-40)41-20-13-10-14-21-41/h9-15,18-37H,5-8,16-17H2,1-4H3. The zero-order valence-corrected chi connectivity index (χ0v) is 34.3. The zero-order chi connectivity index (χ0) is 39.4. The molecular weight excluding hydrogens is 716 g/mol. The van der Waals surface area contributed by atoms with Crippen molar-refractivity contribution in [2.24, 2.45) is 0 Å². The largest absolute Gasteiger partial charge is 0.456 e. The molecule has 1 aliphatic carbocycles. The Morgan fingerprint density at radius 1 is 0.491 bits per heavy atom. The molecular formula is C53H51ClN2O. The van der Waals surface area contributed by atoms with Crippen LogP contribution in [0.15, 0.2) is 164 Å². The minimum Gasteiger partial charge on any atom is -0.456 e. The minimum absolute atomic E-state index is 0.200. The summed E-state index contributed by atoms with van der Waals surface area (Å²) in [6.07, 6.45) is 6.88. The average Bonchev–Trinajstić information content (AvgIpc) is 3.47. The Labute approximate surface area is 344 Å². The van der Waals surface area contributed by atoms with E-state index in [2.05, 4.69) is 189 Å². The lowest BCUT2D eigenvalue weighted by molar-refractivity contribution is 0.483. The highest BCUT2D eigenvalue weighted by atomic mass is 35.5. The number of halogens is 1. The van der Waals surface area contributed by atoms with Crippen LogP contribution in [-0.2, 0) is 18.3 Å². The number of ether oxygens (including phenoxy) is 1. The Morgan fingerprint density at radius 2 is 1.04 bits per heavy atom. The third-order valence-corrected chi connectivity index (χ3v) is 11.7. The predicted octanol–water partition coefficient (Wildman–Crippen LogP) is 16.1. The first kappa shape index (κ1) is 38.1. The van der Waals surface area contributed by atoms with E-state index in [9.17, 15) is 0 Å². The molecule has 0 N–H and O–H groups in total. The molecule has 1 aliphatic rings. The molecule has 4 heteroatoms. The van der Waals surface area contributed by atoms with Crippen molar-refractivity contribution in [1.82, 2.24) is 0 Å². The smallest absolute Gasteiger partial charge is 0.148 e. The van der Waals surface area contributed by atoms with Crippen molar-refractivity contribution in [2.75, 3.05) is 9.80 Å². The lowest BCUT2D eigenvalue weighted by atomic mass is 9.82. The molecule has 0 unspecified atom stereocenters. The van der Waals surface area contributed by atoms with Crippen molar-refractivity contribution in [3.8, 4) is 22.6 Å². The third kappa shape index (κ3) is 7.82. The highest BCUT2D eigenvalue weighted by molar-refractivity contribution is 6.35. The summed E-state index contributed by atoms with van der Waals surface area (Å²) in [5, 5.41) is 0.565. The summed E-state index contributed by atoms with van der Waals surface area (Å²) >= 11 is 7.37. The molecule has 0 aliphatic heterocycles. The first-order valence-electron chi connectivity index (χ1n) is 20.5. The highest BCUT2D eigenvalue weighted by Gasteiger charge is 2.36. The zero-order valence-electron chi connectivity index (χ0n) is 33.5. The van der Waals surface area contributed by atoms with Crippen LogP contribution in [0.1, 0.15) is 75.6 Å². The normalized spacial score (nSPS) is 12.5. The lowest BCUT2D eigenvalue weighted by Gasteiger charge is -2.28. The molecule has 0 fully saturated rings. The number of nitrogens with zero attached hydrogens (tertiary/aromatic N) is 2. The van der Waals surface area contributed by atoms with E-state index in [1.54, 1.807) is 0 Å². The van der Waals surface area contributed by atoms with E-state index in [4.69, 9.17) is 16.3 Å². The molecule has 0 saturated heterocycles. The first-order chi connectivity index (χ1) is 27.9. The van der Waals surface area contributed by atoms with Gasteiger partial charge >= 0.3 is 0 Å². The fourth-order valence-electron chi connectivity index (χ4n) is 8.21. The molecule has 0 amide bonds. The summed E-state index contributed by atoms with van der Waals surface area (Å²) in [5.74, 6) is 1.37. The van der Waals surface area contributed by atoms with Crippen LogP contribution in [0.3, 0.4) is 0 Å². The topological polar surface area (TPSA) is 15.7 Å². The molecule has 0 saturated carbocycles. The van der Waals surface area contributed by atoms with Crippen LogP contribution in [0, 0.1) is 0 Å². The van der Waals surface area contributed by atoms with Gasteiger partial charge in [-0.3, -0.25) is 0 Å². The maximum atomic E-state index is 7.37. The fourth-order valence-corrected chi connectivity index (χ4v) is 8.46. The Balaban J connectivity index is 1.13. The van der Waals surface area contributed by atoms with E-state index in [1.807, 2.05) is 12.1 Å². The van der Waals surface area contributed by atoms with Gasteiger partial charge < -0.3 is 14.5 Å². The van der Waals surface area contributed by atoms with Crippen LogP contribution in [0.2, 0.25) is 5.02 Å². The summed E-state index contributed by atoms with van der Waals surface area (Å²) in [6, 6.07) is 58.4. The molecule has 0 aromatic heterocycles. The number of rotatable bonds is 14. The van der Waals surface area contributed by atoms with Crippen molar-refractivity contribution < 1.29 is 4.74 Å². The third-order valence-electron chi connectivity index (χ3n) is 11.4. The number of hydrogen-bond donors (Lipinski definition) is 0. The lowest BCUT2D eigenvalue weighted by Crippen LogP contribution is -2.16. The molecule has 0 atom stereocenters. The molecule has 3 nitrogen and oxygen atoms in total. The molecule has 286 valence electrons. The number of fused-ring (bicyclic) bond motifs is 3. The van der Waals surface area contributed by atoms with Crippen LogP contribution in [0.4, 0.5) is 34.1 Å². The van der Waals surface area contributed by atoms with Gasteiger partial charge in [-0.05, 0) is 144 Å². The van der Waals surface area contributed by atoms with Gasteiger partial charge in [-0.1, -0.05) is 131 Å². The van der Waals surface area contributed by atoms with Gasteiger partial charge in [0.1, 0.15) is 16.5 Å². The van der Waals surface area contributed by atoms with Crippen LogP contribution >= 0.6 is 11.6 Å². The quantitative estimate of drug-likeness (QED) is 0.110. The van der Waals surface area contributed by atoms with Crippen LogP contribution in [-0.4, -0.2) is 0 Å². The summed E-state index contributed by atoms with van der Waals surface area (Å²) in [4.78, 5) is 4.57. The van der Waals surface area contributed by atoms with E-state index in [0.717, 1.165) is 52.7 Å². The second kappa shape index (κ2) is 16.8. The van der Waals surface area contributed by atoms with Crippen LogP contribution < -0.4 is 14.5 Å². The van der Waals surface area contributed by atoms with Gasteiger partial charge in [0.05, 0.1) is 5.69 Å². The molecule has 0 bridgehead atoms. The number of benzene rings is 7. The molecule has 0 heterocycles. The monoisotopic (exact) mass is 766 g/mol. The summed E-state index contributed by atoms with van der Waals surface area (Å²) in [6.45, 7) is 9.11. The number of unbranched alkanes of at least 4 members (excludes halogenated alkanes) is 2. The maximum absolute atomic E-state index is 7.37. The van der Waals surface area contributed by atoms with E-state index in [-0.39, 0.29) is 5.41 Å². The first-order valence-corrected chi connectivity index (χ1v) is 20.9. The van der Waals surface area contributed by atoms with E-state index in [1.165, 1.54) is 59.1 Å². The van der Waals surface area contributed by atoms with Gasteiger partial charge in [-0.2, -0.15) is 0 Å². The highest BCUT2D eigenvalue weighted by Crippen LogP contribution is 2.52. The van der Waals surface area contributed by atoms with E-state index < -0.39 is 0 Å². The average molecular weight is 767 g/mol. The Bertz CT molecular complexity index is 2350. The maximum Gasteiger partial charge on any atom is 0.148 e. The molecule has 0 radical (unpaired) electrons. The van der Waals surface area contributed by atoms with Crippen molar-refractivity contribution in [3.05, 3.63) is 191 Å². The van der Waals surface area contributed by atoms with Gasteiger partial charge in [0.2, 0.25) is 0 Å². The van der Waals surface area contributed by atoms with Gasteiger partial charge in [-0.15, -0.1) is 0 Å². The molecule has 7 aromatic rings. The van der Waals surface area contributed by atoms with Crippen molar-refractivity contribution >= 4 is 45.7 Å². The minimum atomic E-state index is -0.200. The fraction of sp³-hybridized carbons (Fsp3) is 0.208.